The summed E-state index contributed by atoms with van der Waals surface area (Å²) in [6.45, 7) is 0. The topological polar surface area (TPSA) is 63.8 Å². The summed E-state index contributed by atoms with van der Waals surface area (Å²) < 4.78 is 0. The average Bonchev–Trinajstić information content (AvgIpc) is 2.30. The first-order valence-electron chi connectivity index (χ1n) is 4.76. The maximum atomic E-state index is 5.56. The molecule has 0 aliphatic heterocycles. The van der Waals surface area contributed by atoms with Gasteiger partial charge in [-0.2, -0.15) is 0 Å². The van der Waals surface area contributed by atoms with Crippen LogP contribution in [0, 0.1) is 0 Å². The molecule has 0 aliphatic rings. The van der Waals surface area contributed by atoms with Crippen molar-refractivity contribution in [2.75, 3.05) is 17.3 Å². The zero-order valence-corrected chi connectivity index (χ0v) is 9.66. The molecule has 0 spiro atoms. The molecule has 0 saturated carbocycles. The molecule has 2 rings (SSSR count). The van der Waals surface area contributed by atoms with Gasteiger partial charge in [0.25, 0.3) is 0 Å². The van der Waals surface area contributed by atoms with Gasteiger partial charge in [-0.05, 0) is 30.5 Å². The molecular formula is C11H12N4S. The van der Waals surface area contributed by atoms with Crippen molar-refractivity contribution >= 4 is 29.1 Å². The predicted molar refractivity (Wildman–Crippen MR) is 68.0 cm³/mol. The third-order valence-corrected chi connectivity index (χ3v) is 2.79. The normalized spacial score (nSPS) is 10.1. The second kappa shape index (κ2) is 4.85. The van der Waals surface area contributed by atoms with Crippen LogP contribution in [0.1, 0.15) is 0 Å². The van der Waals surface area contributed by atoms with E-state index in [0.29, 0.717) is 11.6 Å². The van der Waals surface area contributed by atoms with Gasteiger partial charge in [-0.3, -0.25) is 0 Å². The molecule has 0 aliphatic carbocycles. The Kier molecular flexibility index (Phi) is 3.26. The molecule has 0 unspecified atom stereocenters. The molecule has 0 radical (unpaired) electrons. The molecule has 1 heterocycles. The van der Waals surface area contributed by atoms with Crippen LogP contribution in [0.15, 0.2) is 41.6 Å². The van der Waals surface area contributed by atoms with Gasteiger partial charge in [0.05, 0.1) is 0 Å². The Morgan fingerprint density at radius 3 is 2.56 bits per heavy atom. The van der Waals surface area contributed by atoms with Crippen molar-refractivity contribution in [2.24, 2.45) is 0 Å². The van der Waals surface area contributed by atoms with Crippen molar-refractivity contribution in [3.8, 4) is 0 Å². The SMILES string of the molecule is CSc1ccc(Nc2cc(N)ncn2)cc1. The fourth-order valence-electron chi connectivity index (χ4n) is 1.26. The minimum absolute atomic E-state index is 0.457. The molecular weight excluding hydrogens is 220 g/mol. The molecule has 16 heavy (non-hydrogen) atoms. The summed E-state index contributed by atoms with van der Waals surface area (Å²) in [7, 11) is 0. The zero-order valence-electron chi connectivity index (χ0n) is 8.84. The summed E-state index contributed by atoms with van der Waals surface area (Å²) in [6, 6.07) is 9.81. The van der Waals surface area contributed by atoms with Gasteiger partial charge < -0.3 is 11.1 Å². The minimum Gasteiger partial charge on any atom is -0.384 e. The van der Waals surface area contributed by atoms with Crippen molar-refractivity contribution in [3.63, 3.8) is 0 Å². The molecule has 82 valence electrons. The number of nitrogens with zero attached hydrogens (tertiary/aromatic N) is 2. The summed E-state index contributed by atoms with van der Waals surface area (Å²) >= 11 is 1.71. The van der Waals surface area contributed by atoms with Gasteiger partial charge in [-0.15, -0.1) is 11.8 Å². The monoisotopic (exact) mass is 232 g/mol. The number of nitrogens with two attached hydrogens (primary N) is 1. The largest absolute Gasteiger partial charge is 0.384 e. The van der Waals surface area contributed by atoms with Gasteiger partial charge in [0.1, 0.15) is 18.0 Å². The molecule has 4 nitrogen and oxygen atoms in total. The first-order chi connectivity index (χ1) is 7.78. The molecule has 1 aromatic carbocycles. The molecule has 3 N–H and O–H groups in total. The third-order valence-electron chi connectivity index (χ3n) is 2.05. The van der Waals surface area contributed by atoms with Crippen LogP contribution in [0.2, 0.25) is 0 Å². The Balaban J connectivity index is 2.14. The Morgan fingerprint density at radius 1 is 1.19 bits per heavy atom. The van der Waals surface area contributed by atoms with Crippen molar-refractivity contribution < 1.29 is 0 Å². The molecule has 0 bridgehead atoms. The number of hydrogen-bond acceptors (Lipinski definition) is 5. The number of hydrogen-bond donors (Lipinski definition) is 2. The van der Waals surface area contributed by atoms with Crippen LogP contribution in [0.3, 0.4) is 0 Å². The highest BCUT2D eigenvalue weighted by Crippen LogP contribution is 2.20. The van der Waals surface area contributed by atoms with Crippen LogP contribution in [-0.2, 0) is 0 Å². The van der Waals surface area contributed by atoms with E-state index in [2.05, 4.69) is 27.4 Å². The molecule has 2 aromatic rings. The molecule has 0 saturated heterocycles. The van der Waals surface area contributed by atoms with Gasteiger partial charge >= 0.3 is 0 Å². The van der Waals surface area contributed by atoms with Gasteiger partial charge in [-0.25, -0.2) is 9.97 Å². The van der Waals surface area contributed by atoms with Crippen LogP contribution >= 0.6 is 11.8 Å². The van der Waals surface area contributed by atoms with E-state index in [1.165, 1.54) is 11.2 Å². The van der Waals surface area contributed by atoms with Crippen LogP contribution in [0.5, 0.6) is 0 Å². The Bertz CT molecular complexity index is 470. The Morgan fingerprint density at radius 2 is 1.94 bits per heavy atom. The molecule has 0 atom stereocenters. The quantitative estimate of drug-likeness (QED) is 0.796. The highest BCUT2D eigenvalue weighted by Gasteiger charge is 1.97. The van der Waals surface area contributed by atoms with Crippen LogP contribution < -0.4 is 11.1 Å². The summed E-state index contributed by atoms with van der Waals surface area (Å²) in [5.41, 5.74) is 6.55. The number of nitrogen functional groups attached to an aromatic ring is 1. The summed E-state index contributed by atoms with van der Waals surface area (Å²) in [5, 5.41) is 3.16. The lowest BCUT2D eigenvalue weighted by Crippen LogP contribution is -1.97. The van der Waals surface area contributed by atoms with Gasteiger partial charge in [0.2, 0.25) is 0 Å². The van der Waals surface area contributed by atoms with E-state index >= 15 is 0 Å². The second-order valence-corrected chi connectivity index (χ2v) is 4.06. The number of aromatic nitrogens is 2. The lowest BCUT2D eigenvalue weighted by molar-refractivity contribution is 1.17. The predicted octanol–water partition coefficient (Wildman–Crippen LogP) is 2.52. The number of anilines is 3. The summed E-state index contributed by atoms with van der Waals surface area (Å²) in [4.78, 5) is 9.13. The summed E-state index contributed by atoms with van der Waals surface area (Å²) in [6.07, 6.45) is 3.49. The Labute approximate surface area is 98.3 Å². The van der Waals surface area contributed by atoms with Crippen molar-refractivity contribution in [1.82, 2.24) is 9.97 Å². The summed E-state index contributed by atoms with van der Waals surface area (Å²) in [5.74, 6) is 1.16. The maximum Gasteiger partial charge on any atom is 0.135 e. The van der Waals surface area contributed by atoms with Crippen molar-refractivity contribution in [3.05, 3.63) is 36.7 Å². The standard InChI is InChI=1S/C11H12N4S/c1-16-9-4-2-8(3-5-9)15-11-6-10(12)13-7-14-11/h2-7H,1H3,(H3,12,13,14,15). The van der Waals surface area contributed by atoms with Gasteiger partial charge in [0, 0.05) is 16.6 Å². The number of nitrogens with one attached hydrogen (secondary N) is 1. The van der Waals surface area contributed by atoms with E-state index in [1.54, 1.807) is 17.8 Å². The average molecular weight is 232 g/mol. The second-order valence-electron chi connectivity index (χ2n) is 3.18. The van der Waals surface area contributed by atoms with Crippen LogP contribution in [0.25, 0.3) is 0 Å². The highest BCUT2D eigenvalue weighted by molar-refractivity contribution is 7.98. The molecule has 1 aromatic heterocycles. The molecule has 5 heteroatoms. The van der Waals surface area contributed by atoms with E-state index in [9.17, 15) is 0 Å². The van der Waals surface area contributed by atoms with E-state index in [0.717, 1.165) is 5.69 Å². The lowest BCUT2D eigenvalue weighted by atomic mass is 10.3. The smallest absolute Gasteiger partial charge is 0.135 e. The fourth-order valence-corrected chi connectivity index (χ4v) is 1.67. The van der Waals surface area contributed by atoms with Crippen molar-refractivity contribution in [1.29, 1.82) is 0 Å². The van der Waals surface area contributed by atoms with E-state index in [-0.39, 0.29) is 0 Å². The van der Waals surface area contributed by atoms with Crippen molar-refractivity contribution in [2.45, 2.75) is 4.90 Å². The van der Waals surface area contributed by atoms with Crippen LogP contribution in [0.4, 0.5) is 17.3 Å². The minimum atomic E-state index is 0.457. The first kappa shape index (κ1) is 10.8. The zero-order chi connectivity index (χ0) is 11.4. The van der Waals surface area contributed by atoms with Gasteiger partial charge in [0.15, 0.2) is 0 Å². The molecule has 0 amide bonds. The first-order valence-corrected chi connectivity index (χ1v) is 5.99. The van der Waals surface area contributed by atoms with Crippen LogP contribution in [-0.4, -0.2) is 16.2 Å². The van der Waals surface area contributed by atoms with E-state index in [1.807, 2.05) is 18.4 Å². The molecule has 0 fully saturated rings. The lowest BCUT2D eigenvalue weighted by Gasteiger charge is -2.05. The maximum absolute atomic E-state index is 5.56. The third kappa shape index (κ3) is 2.64. The van der Waals surface area contributed by atoms with E-state index < -0.39 is 0 Å². The van der Waals surface area contributed by atoms with E-state index in [4.69, 9.17) is 5.73 Å². The highest BCUT2D eigenvalue weighted by atomic mass is 32.2. The Hall–Kier alpha value is -1.75. The van der Waals surface area contributed by atoms with Gasteiger partial charge in [-0.1, -0.05) is 0 Å². The fraction of sp³-hybridized carbons (Fsp3) is 0.0909. The number of benzene rings is 1. The number of rotatable bonds is 3. The number of thioether (sulfide) groups is 1.